The van der Waals surface area contributed by atoms with Crippen molar-refractivity contribution in [1.82, 2.24) is 0 Å². The molecule has 0 radical (unpaired) electrons. The van der Waals surface area contributed by atoms with Crippen LogP contribution in [-0.4, -0.2) is 13.9 Å². The smallest absolute Gasteiger partial charge is 0.231 e. The fourth-order valence-corrected chi connectivity index (χ4v) is 2.51. The van der Waals surface area contributed by atoms with Gasteiger partial charge in [-0.05, 0) is 29.8 Å². The molecule has 0 saturated heterocycles. The molecule has 0 aliphatic carbocycles. The summed E-state index contributed by atoms with van der Waals surface area (Å²) >= 11 is 3.46. The molecule has 1 N–H and O–H groups in total. The first kappa shape index (κ1) is 13.1. The van der Waals surface area contributed by atoms with E-state index in [0.29, 0.717) is 13.3 Å². The van der Waals surface area contributed by atoms with E-state index in [4.69, 9.17) is 14.2 Å². The zero-order valence-corrected chi connectivity index (χ0v) is 12.6. The van der Waals surface area contributed by atoms with Gasteiger partial charge in [0, 0.05) is 22.8 Å². The highest BCUT2D eigenvalue weighted by molar-refractivity contribution is 9.10. The molecule has 4 nitrogen and oxygen atoms in total. The van der Waals surface area contributed by atoms with Crippen molar-refractivity contribution in [2.45, 2.75) is 6.54 Å². The van der Waals surface area contributed by atoms with E-state index < -0.39 is 0 Å². The molecule has 0 bridgehead atoms. The average Bonchev–Trinajstić information content (AvgIpc) is 2.92. The summed E-state index contributed by atoms with van der Waals surface area (Å²) in [4.78, 5) is 0. The van der Waals surface area contributed by atoms with Crippen LogP contribution >= 0.6 is 15.9 Å². The van der Waals surface area contributed by atoms with Crippen LogP contribution in [0.15, 0.2) is 40.9 Å². The number of ether oxygens (including phenoxy) is 3. The van der Waals surface area contributed by atoms with Crippen LogP contribution in [0.2, 0.25) is 0 Å². The number of hydrogen-bond acceptors (Lipinski definition) is 4. The van der Waals surface area contributed by atoms with Gasteiger partial charge < -0.3 is 19.5 Å². The molecule has 2 aromatic carbocycles. The fourth-order valence-electron chi connectivity index (χ4n) is 2.04. The Bertz CT molecular complexity index is 631. The number of hydrogen-bond donors (Lipinski definition) is 1. The highest BCUT2D eigenvalue weighted by Gasteiger charge is 2.12. The van der Waals surface area contributed by atoms with Gasteiger partial charge in [0.05, 0.1) is 7.11 Å². The van der Waals surface area contributed by atoms with Gasteiger partial charge in [-0.25, -0.2) is 0 Å². The summed E-state index contributed by atoms with van der Waals surface area (Å²) in [6, 6.07) is 11.8. The first-order valence-corrected chi connectivity index (χ1v) is 7.01. The molecule has 3 rings (SSSR count). The summed E-state index contributed by atoms with van der Waals surface area (Å²) in [5.74, 6) is 2.42. The maximum Gasteiger partial charge on any atom is 0.231 e. The second-order valence-electron chi connectivity index (χ2n) is 4.42. The summed E-state index contributed by atoms with van der Waals surface area (Å²) < 4.78 is 16.9. The van der Waals surface area contributed by atoms with Gasteiger partial charge >= 0.3 is 0 Å². The molecule has 2 aromatic rings. The molecular formula is C15H14BrNO3. The van der Waals surface area contributed by atoms with Crippen molar-refractivity contribution in [3.8, 4) is 17.2 Å². The zero-order valence-electron chi connectivity index (χ0n) is 11.0. The molecule has 20 heavy (non-hydrogen) atoms. The molecule has 0 fully saturated rings. The van der Waals surface area contributed by atoms with Gasteiger partial charge in [0.2, 0.25) is 6.79 Å². The van der Waals surface area contributed by atoms with Gasteiger partial charge in [-0.2, -0.15) is 0 Å². The highest BCUT2D eigenvalue weighted by atomic mass is 79.9. The van der Waals surface area contributed by atoms with Crippen molar-refractivity contribution < 1.29 is 14.2 Å². The maximum atomic E-state index is 5.37. The maximum absolute atomic E-state index is 5.37. The average molecular weight is 336 g/mol. The van der Waals surface area contributed by atoms with Crippen LogP contribution < -0.4 is 19.5 Å². The van der Waals surface area contributed by atoms with Crippen molar-refractivity contribution in [1.29, 1.82) is 0 Å². The lowest BCUT2D eigenvalue weighted by Crippen LogP contribution is -1.99. The Hall–Kier alpha value is -1.88. The largest absolute Gasteiger partial charge is 0.497 e. The molecule has 0 saturated carbocycles. The number of halogens is 1. The summed E-state index contributed by atoms with van der Waals surface area (Å²) in [5, 5.41) is 3.36. The molecule has 1 aliphatic rings. The SMILES string of the molecule is COc1cc(Br)cc(NCc2ccc3c(c2)OCO3)c1. The minimum Gasteiger partial charge on any atom is -0.497 e. The van der Waals surface area contributed by atoms with Crippen molar-refractivity contribution in [2.24, 2.45) is 0 Å². The van der Waals surface area contributed by atoms with E-state index >= 15 is 0 Å². The van der Waals surface area contributed by atoms with Gasteiger partial charge in [0.15, 0.2) is 11.5 Å². The van der Waals surface area contributed by atoms with Crippen LogP contribution in [0.25, 0.3) is 0 Å². The highest BCUT2D eigenvalue weighted by Crippen LogP contribution is 2.33. The van der Waals surface area contributed by atoms with Gasteiger partial charge in [-0.1, -0.05) is 22.0 Å². The van der Waals surface area contributed by atoms with Crippen LogP contribution in [-0.2, 0) is 6.54 Å². The molecular weight excluding hydrogens is 322 g/mol. The van der Waals surface area contributed by atoms with E-state index in [2.05, 4.69) is 21.2 Å². The van der Waals surface area contributed by atoms with Gasteiger partial charge in [-0.3, -0.25) is 0 Å². The number of fused-ring (bicyclic) bond motifs is 1. The first-order valence-electron chi connectivity index (χ1n) is 6.21. The summed E-state index contributed by atoms with van der Waals surface area (Å²) in [5.41, 5.74) is 2.13. The molecule has 0 atom stereocenters. The van der Waals surface area contributed by atoms with Crippen molar-refractivity contribution in [3.63, 3.8) is 0 Å². The molecule has 104 valence electrons. The number of methoxy groups -OCH3 is 1. The van der Waals surface area contributed by atoms with Crippen LogP contribution in [0, 0.1) is 0 Å². The van der Waals surface area contributed by atoms with Crippen molar-refractivity contribution >= 4 is 21.6 Å². The number of anilines is 1. The van der Waals surface area contributed by atoms with Crippen LogP contribution in [0.5, 0.6) is 17.2 Å². The summed E-state index contributed by atoms with van der Waals surface area (Å²) in [7, 11) is 1.66. The Balaban J connectivity index is 1.71. The monoisotopic (exact) mass is 335 g/mol. The fraction of sp³-hybridized carbons (Fsp3) is 0.200. The minimum atomic E-state index is 0.301. The van der Waals surface area contributed by atoms with Gasteiger partial charge in [-0.15, -0.1) is 0 Å². The lowest BCUT2D eigenvalue weighted by molar-refractivity contribution is 0.174. The van der Waals surface area contributed by atoms with E-state index in [1.807, 2.05) is 36.4 Å². The Kier molecular flexibility index (Phi) is 3.69. The molecule has 1 heterocycles. The standard InChI is InChI=1S/C15H14BrNO3/c1-18-13-6-11(16)5-12(7-13)17-8-10-2-3-14-15(4-10)20-9-19-14/h2-7,17H,8-9H2,1H3. The quantitative estimate of drug-likeness (QED) is 0.922. The molecule has 0 spiro atoms. The Morgan fingerprint density at radius 3 is 2.85 bits per heavy atom. The molecule has 0 unspecified atom stereocenters. The molecule has 0 amide bonds. The van der Waals surface area contributed by atoms with Gasteiger partial charge in [0.1, 0.15) is 5.75 Å². The van der Waals surface area contributed by atoms with Crippen LogP contribution in [0.1, 0.15) is 5.56 Å². The minimum absolute atomic E-state index is 0.301. The van der Waals surface area contributed by atoms with Gasteiger partial charge in [0.25, 0.3) is 0 Å². The third-order valence-corrected chi connectivity index (χ3v) is 3.50. The topological polar surface area (TPSA) is 39.7 Å². The third kappa shape index (κ3) is 2.82. The number of rotatable bonds is 4. The van der Waals surface area contributed by atoms with E-state index in [0.717, 1.165) is 33.0 Å². The Labute approximate surface area is 125 Å². The first-order chi connectivity index (χ1) is 9.74. The molecule has 0 aromatic heterocycles. The van der Waals surface area contributed by atoms with E-state index in [1.165, 1.54) is 0 Å². The lowest BCUT2D eigenvalue weighted by atomic mass is 10.2. The summed E-state index contributed by atoms with van der Waals surface area (Å²) in [6.45, 7) is 1.01. The molecule has 5 heteroatoms. The molecule has 1 aliphatic heterocycles. The normalized spacial score (nSPS) is 12.3. The number of benzene rings is 2. The van der Waals surface area contributed by atoms with Crippen molar-refractivity contribution in [3.05, 3.63) is 46.4 Å². The van der Waals surface area contributed by atoms with Crippen LogP contribution in [0.3, 0.4) is 0 Å². The second-order valence-corrected chi connectivity index (χ2v) is 5.34. The Morgan fingerprint density at radius 2 is 2.00 bits per heavy atom. The van der Waals surface area contributed by atoms with E-state index in [1.54, 1.807) is 7.11 Å². The lowest BCUT2D eigenvalue weighted by Gasteiger charge is -2.09. The van der Waals surface area contributed by atoms with E-state index in [9.17, 15) is 0 Å². The predicted octanol–water partition coefficient (Wildman–Crippen LogP) is 3.80. The predicted molar refractivity (Wildman–Crippen MR) is 80.6 cm³/mol. The van der Waals surface area contributed by atoms with E-state index in [-0.39, 0.29) is 0 Å². The van der Waals surface area contributed by atoms with Crippen molar-refractivity contribution in [2.75, 3.05) is 19.2 Å². The van der Waals surface area contributed by atoms with Crippen LogP contribution in [0.4, 0.5) is 5.69 Å². The zero-order chi connectivity index (χ0) is 13.9. The Morgan fingerprint density at radius 1 is 1.15 bits per heavy atom. The number of nitrogens with one attached hydrogen (secondary N) is 1. The summed E-state index contributed by atoms with van der Waals surface area (Å²) in [6.07, 6.45) is 0. The second kappa shape index (κ2) is 5.63. The third-order valence-electron chi connectivity index (χ3n) is 3.04.